The summed E-state index contributed by atoms with van der Waals surface area (Å²) < 4.78 is 0. The Kier molecular flexibility index (Phi) is 5.37. The lowest BCUT2D eigenvalue weighted by atomic mass is 9.80. The molecule has 3 heterocycles. The number of benzene rings is 1. The molecule has 2 atom stereocenters. The highest BCUT2D eigenvalue weighted by molar-refractivity contribution is 5.76. The summed E-state index contributed by atoms with van der Waals surface area (Å²) in [4.78, 5) is 32.5. The van der Waals surface area contributed by atoms with E-state index in [1.807, 2.05) is 23.1 Å². The van der Waals surface area contributed by atoms with Gasteiger partial charge in [-0.05, 0) is 30.7 Å². The Morgan fingerprint density at radius 3 is 2.59 bits per heavy atom. The first kappa shape index (κ1) is 19.6. The number of piperidine rings is 1. The lowest BCUT2D eigenvalue weighted by Crippen LogP contribution is -2.63. The van der Waals surface area contributed by atoms with Crippen LogP contribution in [0.15, 0.2) is 48.7 Å². The van der Waals surface area contributed by atoms with Crippen LogP contribution in [-0.2, 0) is 16.1 Å². The summed E-state index contributed by atoms with van der Waals surface area (Å²) in [5.41, 5.74) is 2.97. The van der Waals surface area contributed by atoms with Gasteiger partial charge >= 0.3 is 0 Å². The van der Waals surface area contributed by atoms with Gasteiger partial charge in [0.15, 0.2) is 0 Å². The van der Waals surface area contributed by atoms with Crippen molar-refractivity contribution in [3.05, 3.63) is 54.2 Å². The van der Waals surface area contributed by atoms with Gasteiger partial charge in [-0.1, -0.05) is 30.3 Å². The number of hydrogen-bond donors (Lipinski definition) is 1. The van der Waals surface area contributed by atoms with Crippen LogP contribution in [0.2, 0.25) is 0 Å². The largest absolute Gasteiger partial charge is 0.347 e. The SMILES string of the molecule is CC(=O)N[C@@]12CN(Cc3ccc(-c4ccccn4)cc3)CC[C@@H]1CN(C(C)=O)C2. The van der Waals surface area contributed by atoms with Crippen LogP contribution in [-0.4, -0.2) is 58.3 Å². The predicted molar refractivity (Wildman–Crippen MR) is 112 cm³/mol. The Labute approximate surface area is 171 Å². The number of nitrogens with zero attached hydrogens (tertiary/aromatic N) is 3. The van der Waals surface area contributed by atoms with Crippen molar-refractivity contribution < 1.29 is 9.59 Å². The van der Waals surface area contributed by atoms with Gasteiger partial charge in [0.25, 0.3) is 0 Å². The summed E-state index contributed by atoms with van der Waals surface area (Å²) in [6.45, 7) is 7.08. The van der Waals surface area contributed by atoms with Crippen LogP contribution in [0.4, 0.5) is 0 Å². The van der Waals surface area contributed by atoms with E-state index in [9.17, 15) is 9.59 Å². The van der Waals surface area contributed by atoms with Gasteiger partial charge in [-0.15, -0.1) is 0 Å². The van der Waals surface area contributed by atoms with Crippen molar-refractivity contribution >= 4 is 11.8 Å². The second-order valence-corrected chi connectivity index (χ2v) is 8.35. The highest BCUT2D eigenvalue weighted by Crippen LogP contribution is 2.35. The number of rotatable bonds is 4. The summed E-state index contributed by atoms with van der Waals surface area (Å²) in [5.74, 6) is 0.376. The van der Waals surface area contributed by atoms with Crippen LogP contribution >= 0.6 is 0 Å². The van der Waals surface area contributed by atoms with Crippen LogP contribution in [0, 0.1) is 5.92 Å². The van der Waals surface area contributed by atoms with E-state index in [1.54, 1.807) is 20.0 Å². The molecule has 2 fully saturated rings. The second-order valence-electron chi connectivity index (χ2n) is 8.35. The van der Waals surface area contributed by atoms with Gasteiger partial charge < -0.3 is 10.2 Å². The van der Waals surface area contributed by atoms with E-state index in [2.05, 4.69) is 39.5 Å². The molecule has 2 aliphatic rings. The van der Waals surface area contributed by atoms with Crippen molar-refractivity contribution in [3.8, 4) is 11.3 Å². The number of carbonyl (C=O) groups is 2. The maximum absolute atomic E-state index is 11.9. The molecule has 1 N–H and O–H groups in total. The van der Waals surface area contributed by atoms with E-state index < -0.39 is 0 Å². The molecule has 2 amide bonds. The van der Waals surface area contributed by atoms with Gasteiger partial charge in [0.05, 0.1) is 11.2 Å². The molecular weight excluding hydrogens is 364 g/mol. The monoisotopic (exact) mass is 392 g/mol. The second kappa shape index (κ2) is 7.95. The van der Waals surface area contributed by atoms with Crippen LogP contribution < -0.4 is 5.32 Å². The number of likely N-dealkylation sites (tertiary alicyclic amines) is 2. The Hall–Kier alpha value is -2.73. The molecule has 2 aliphatic heterocycles. The zero-order valence-corrected chi connectivity index (χ0v) is 17.1. The van der Waals surface area contributed by atoms with E-state index in [4.69, 9.17) is 0 Å². The molecular formula is C23H28N4O2. The molecule has 0 aliphatic carbocycles. The molecule has 0 saturated carbocycles. The first-order valence-electron chi connectivity index (χ1n) is 10.2. The Morgan fingerprint density at radius 2 is 1.93 bits per heavy atom. The van der Waals surface area contributed by atoms with Gasteiger partial charge in [-0.25, -0.2) is 0 Å². The summed E-state index contributed by atoms with van der Waals surface area (Å²) in [6.07, 6.45) is 2.79. The van der Waals surface area contributed by atoms with Crippen molar-refractivity contribution in [2.75, 3.05) is 26.2 Å². The summed E-state index contributed by atoms with van der Waals surface area (Å²) in [6, 6.07) is 14.5. The predicted octanol–water partition coefficient (Wildman–Crippen LogP) is 2.31. The van der Waals surface area contributed by atoms with Crippen LogP contribution in [0.3, 0.4) is 0 Å². The van der Waals surface area contributed by atoms with Crippen LogP contribution in [0.5, 0.6) is 0 Å². The number of aromatic nitrogens is 1. The lowest BCUT2D eigenvalue weighted by molar-refractivity contribution is -0.128. The first-order valence-corrected chi connectivity index (χ1v) is 10.2. The smallest absolute Gasteiger partial charge is 0.219 e. The fourth-order valence-electron chi connectivity index (χ4n) is 4.82. The zero-order valence-electron chi connectivity index (χ0n) is 17.1. The van der Waals surface area contributed by atoms with Crippen LogP contribution in [0.1, 0.15) is 25.8 Å². The van der Waals surface area contributed by atoms with Crippen molar-refractivity contribution in [1.82, 2.24) is 20.1 Å². The van der Waals surface area contributed by atoms with Gasteiger partial charge in [0.2, 0.25) is 11.8 Å². The molecule has 0 spiro atoms. The van der Waals surface area contributed by atoms with E-state index in [1.165, 1.54) is 5.56 Å². The lowest BCUT2D eigenvalue weighted by Gasteiger charge is -2.44. The minimum atomic E-state index is -0.344. The molecule has 1 aromatic heterocycles. The van der Waals surface area contributed by atoms with Gasteiger partial charge in [-0.3, -0.25) is 19.5 Å². The number of pyridine rings is 1. The van der Waals surface area contributed by atoms with E-state index >= 15 is 0 Å². The summed E-state index contributed by atoms with van der Waals surface area (Å²) in [7, 11) is 0. The third kappa shape index (κ3) is 4.17. The Bertz CT molecular complexity index is 884. The van der Waals surface area contributed by atoms with Gasteiger partial charge in [-0.2, -0.15) is 0 Å². The fraction of sp³-hybridized carbons (Fsp3) is 0.435. The third-order valence-corrected chi connectivity index (χ3v) is 6.19. The molecule has 0 radical (unpaired) electrons. The molecule has 1 aromatic carbocycles. The molecule has 4 rings (SSSR count). The average molecular weight is 393 g/mol. The molecule has 2 saturated heterocycles. The molecule has 152 valence electrons. The van der Waals surface area contributed by atoms with Crippen molar-refractivity contribution in [2.45, 2.75) is 32.4 Å². The number of amides is 2. The number of fused-ring (bicyclic) bond motifs is 1. The maximum atomic E-state index is 11.9. The normalized spacial score (nSPS) is 24.2. The third-order valence-electron chi connectivity index (χ3n) is 6.19. The maximum Gasteiger partial charge on any atom is 0.219 e. The average Bonchev–Trinajstić information content (AvgIpc) is 3.07. The van der Waals surface area contributed by atoms with Gasteiger partial charge in [0, 0.05) is 57.7 Å². The highest BCUT2D eigenvalue weighted by Gasteiger charge is 2.50. The summed E-state index contributed by atoms with van der Waals surface area (Å²) >= 11 is 0. The van der Waals surface area contributed by atoms with Crippen LogP contribution in [0.25, 0.3) is 11.3 Å². The highest BCUT2D eigenvalue weighted by atomic mass is 16.2. The number of nitrogens with one attached hydrogen (secondary N) is 1. The zero-order chi connectivity index (χ0) is 20.4. The quantitative estimate of drug-likeness (QED) is 0.867. The van der Waals surface area contributed by atoms with E-state index in [0.717, 1.165) is 43.9 Å². The minimum Gasteiger partial charge on any atom is -0.347 e. The molecule has 29 heavy (non-hydrogen) atoms. The fourth-order valence-corrected chi connectivity index (χ4v) is 4.82. The molecule has 2 aromatic rings. The molecule has 6 heteroatoms. The van der Waals surface area contributed by atoms with Crippen molar-refractivity contribution in [1.29, 1.82) is 0 Å². The molecule has 6 nitrogen and oxygen atoms in total. The van der Waals surface area contributed by atoms with E-state index in [0.29, 0.717) is 12.5 Å². The topological polar surface area (TPSA) is 65.5 Å². The first-order chi connectivity index (χ1) is 13.9. The Morgan fingerprint density at radius 1 is 1.14 bits per heavy atom. The molecule has 0 bridgehead atoms. The standard InChI is InChI=1S/C23H28N4O2/c1-17(28)25-23-15-26(12-10-21(23)14-27(16-23)18(2)29)13-19-6-8-20(9-7-19)22-5-3-4-11-24-22/h3-9,11,21H,10,12-16H2,1-2H3,(H,25,28)/t21-,23-/m1/s1. The summed E-state index contributed by atoms with van der Waals surface area (Å²) in [5, 5.41) is 3.21. The van der Waals surface area contributed by atoms with Crippen molar-refractivity contribution in [2.24, 2.45) is 5.92 Å². The Balaban J connectivity index is 1.47. The van der Waals surface area contributed by atoms with Gasteiger partial charge in [0.1, 0.15) is 0 Å². The minimum absolute atomic E-state index is 0.0260. The molecule has 0 unspecified atom stereocenters. The van der Waals surface area contributed by atoms with Crippen molar-refractivity contribution in [3.63, 3.8) is 0 Å². The number of carbonyl (C=O) groups excluding carboxylic acids is 2. The van der Waals surface area contributed by atoms with E-state index in [-0.39, 0.29) is 17.4 Å². The number of hydrogen-bond acceptors (Lipinski definition) is 4.